The molecule has 2 heterocycles. The van der Waals surface area contributed by atoms with Gasteiger partial charge in [0.05, 0.1) is 6.04 Å². The van der Waals surface area contributed by atoms with E-state index in [9.17, 15) is 0 Å². The molecule has 28 heavy (non-hydrogen) atoms. The lowest BCUT2D eigenvalue weighted by molar-refractivity contribution is 0.614. The van der Waals surface area contributed by atoms with Gasteiger partial charge >= 0.3 is 0 Å². The predicted octanol–water partition coefficient (Wildman–Crippen LogP) is 4.87. The minimum Gasteiger partial charge on any atom is -0.354 e. The van der Waals surface area contributed by atoms with E-state index in [1.54, 1.807) is 0 Å². The lowest BCUT2D eigenvalue weighted by Crippen LogP contribution is -2.35. The summed E-state index contributed by atoms with van der Waals surface area (Å²) in [7, 11) is 0. The number of aryl methyl sites for hydroxylation is 1. The Morgan fingerprint density at radius 1 is 1.00 bits per heavy atom. The zero-order valence-electron chi connectivity index (χ0n) is 16.9. The Balaban J connectivity index is 1.54. The Labute approximate surface area is 167 Å². The number of nitrogens with one attached hydrogen (secondary N) is 1. The number of rotatable bonds is 5. The number of aromatic nitrogens is 2. The van der Waals surface area contributed by atoms with Crippen molar-refractivity contribution in [3.05, 3.63) is 82.5 Å². The summed E-state index contributed by atoms with van der Waals surface area (Å²) in [5.41, 5.74) is 6.39. The highest BCUT2D eigenvalue weighted by molar-refractivity contribution is 5.55. The van der Waals surface area contributed by atoms with Crippen molar-refractivity contribution in [3.8, 4) is 0 Å². The fourth-order valence-corrected chi connectivity index (χ4v) is 4.00. The summed E-state index contributed by atoms with van der Waals surface area (Å²) in [5.74, 6) is 1.77. The second-order valence-corrected chi connectivity index (χ2v) is 7.56. The van der Waals surface area contributed by atoms with Crippen LogP contribution in [0.2, 0.25) is 0 Å². The summed E-state index contributed by atoms with van der Waals surface area (Å²) in [6.45, 7) is 8.29. The molecule has 144 valence electrons. The summed E-state index contributed by atoms with van der Waals surface area (Å²) >= 11 is 0. The summed E-state index contributed by atoms with van der Waals surface area (Å²) in [6.07, 6.45) is 2.01. The molecule has 0 spiro atoms. The van der Waals surface area contributed by atoms with Crippen LogP contribution in [-0.2, 0) is 12.8 Å². The molecule has 0 amide bonds. The van der Waals surface area contributed by atoms with Crippen LogP contribution in [0.1, 0.15) is 40.9 Å². The smallest absolute Gasteiger partial charge is 0.224 e. The molecule has 0 bridgehead atoms. The van der Waals surface area contributed by atoms with Gasteiger partial charge in [0, 0.05) is 24.3 Å². The van der Waals surface area contributed by atoms with Crippen molar-refractivity contribution in [2.24, 2.45) is 0 Å². The van der Waals surface area contributed by atoms with Crippen LogP contribution in [-0.4, -0.2) is 23.1 Å². The molecule has 4 rings (SSSR count). The molecule has 4 nitrogen and oxygen atoms in total. The average Bonchev–Trinajstić information content (AvgIpc) is 2.72. The highest BCUT2D eigenvalue weighted by Gasteiger charge is 2.26. The lowest BCUT2D eigenvalue weighted by atomic mass is 9.93. The van der Waals surface area contributed by atoms with Gasteiger partial charge in [0.1, 0.15) is 5.82 Å². The van der Waals surface area contributed by atoms with Crippen molar-refractivity contribution >= 4 is 11.8 Å². The maximum absolute atomic E-state index is 4.92. The van der Waals surface area contributed by atoms with Crippen molar-refractivity contribution in [2.45, 2.75) is 39.7 Å². The second kappa shape index (κ2) is 8.01. The number of fused-ring (bicyclic) bond motifs is 1. The van der Waals surface area contributed by atoms with Crippen LogP contribution in [0.5, 0.6) is 0 Å². The third-order valence-corrected chi connectivity index (χ3v) is 5.77. The van der Waals surface area contributed by atoms with Crippen molar-refractivity contribution < 1.29 is 0 Å². The van der Waals surface area contributed by atoms with E-state index < -0.39 is 0 Å². The van der Waals surface area contributed by atoms with Gasteiger partial charge in [-0.2, -0.15) is 4.98 Å². The first-order valence-electron chi connectivity index (χ1n) is 10.1. The summed E-state index contributed by atoms with van der Waals surface area (Å²) in [5, 5.41) is 3.43. The average molecular weight is 373 g/mol. The number of benzene rings is 2. The molecule has 1 atom stereocenters. The van der Waals surface area contributed by atoms with Crippen LogP contribution in [0, 0.1) is 13.8 Å². The SMILES string of the molecule is Cc1nc(NCCc2ccccc2)nc(N2CCc3ccccc3C2C)c1C. The molecule has 0 saturated carbocycles. The Bertz CT molecular complexity index is 952. The number of hydrogen-bond donors (Lipinski definition) is 1. The first kappa shape index (κ1) is 18.5. The Morgan fingerprint density at radius 3 is 2.57 bits per heavy atom. The van der Waals surface area contributed by atoms with Crippen molar-refractivity contribution in [1.29, 1.82) is 0 Å². The predicted molar refractivity (Wildman–Crippen MR) is 116 cm³/mol. The molecule has 2 aromatic carbocycles. The topological polar surface area (TPSA) is 41.1 Å². The second-order valence-electron chi connectivity index (χ2n) is 7.56. The van der Waals surface area contributed by atoms with Gasteiger partial charge in [-0.15, -0.1) is 0 Å². The quantitative estimate of drug-likeness (QED) is 0.694. The third kappa shape index (κ3) is 3.72. The molecule has 1 aromatic heterocycles. The highest BCUT2D eigenvalue weighted by atomic mass is 15.3. The Hall–Kier alpha value is -2.88. The first-order valence-corrected chi connectivity index (χ1v) is 10.1. The van der Waals surface area contributed by atoms with Crippen molar-refractivity contribution in [2.75, 3.05) is 23.3 Å². The highest BCUT2D eigenvalue weighted by Crippen LogP contribution is 2.34. The van der Waals surface area contributed by atoms with Crippen LogP contribution < -0.4 is 10.2 Å². The molecule has 1 aliphatic heterocycles. The lowest BCUT2D eigenvalue weighted by Gasteiger charge is -2.37. The molecule has 0 fully saturated rings. The summed E-state index contributed by atoms with van der Waals surface area (Å²) in [6, 6.07) is 19.6. The number of nitrogens with zero attached hydrogens (tertiary/aromatic N) is 3. The van der Waals surface area contributed by atoms with E-state index in [0.29, 0.717) is 6.04 Å². The van der Waals surface area contributed by atoms with Crippen LogP contribution in [0.3, 0.4) is 0 Å². The van der Waals surface area contributed by atoms with E-state index in [-0.39, 0.29) is 0 Å². The molecule has 0 aliphatic carbocycles. The van der Waals surface area contributed by atoms with Gasteiger partial charge in [0.25, 0.3) is 0 Å². The van der Waals surface area contributed by atoms with Gasteiger partial charge < -0.3 is 10.2 Å². The standard InChI is InChI=1S/C24H28N4/c1-17-18(2)26-24(25-15-13-20-9-5-4-6-10-20)27-23(17)28-16-14-21-11-7-8-12-22(21)19(28)3/h4-12,19H,13-16H2,1-3H3,(H,25,26,27). The van der Waals surface area contributed by atoms with E-state index in [0.717, 1.165) is 43.4 Å². The molecular formula is C24H28N4. The van der Waals surface area contributed by atoms with E-state index in [4.69, 9.17) is 4.98 Å². The molecular weight excluding hydrogens is 344 g/mol. The maximum atomic E-state index is 4.92. The van der Waals surface area contributed by atoms with Crippen molar-refractivity contribution in [1.82, 2.24) is 9.97 Å². The first-order chi connectivity index (χ1) is 13.6. The fourth-order valence-electron chi connectivity index (χ4n) is 4.00. The van der Waals surface area contributed by atoms with Crippen LogP contribution in [0.15, 0.2) is 54.6 Å². The number of hydrogen-bond acceptors (Lipinski definition) is 4. The molecule has 4 heteroatoms. The minimum absolute atomic E-state index is 0.315. The maximum Gasteiger partial charge on any atom is 0.224 e. The van der Waals surface area contributed by atoms with Crippen LogP contribution in [0.25, 0.3) is 0 Å². The summed E-state index contributed by atoms with van der Waals surface area (Å²) < 4.78 is 0. The van der Waals surface area contributed by atoms with E-state index in [2.05, 4.69) is 84.5 Å². The minimum atomic E-state index is 0.315. The zero-order chi connectivity index (χ0) is 19.5. The van der Waals surface area contributed by atoms with Gasteiger partial charge in [0.2, 0.25) is 5.95 Å². The van der Waals surface area contributed by atoms with Crippen LogP contribution >= 0.6 is 0 Å². The monoisotopic (exact) mass is 372 g/mol. The third-order valence-electron chi connectivity index (χ3n) is 5.77. The van der Waals surface area contributed by atoms with E-state index in [1.165, 1.54) is 22.3 Å². The van der Waals surface area contributed by atoms with Gasteiger partial charge in [-0.25, -0.2) is 4.98 Å². The van der Waals surface area contributed by atoms with Gasteiger partial charge in [0.15, 0.2) is 0 Å². The Morgan fingerprint density at radius 2 is 1.75 bits per heavy atom. The molecule has 0 saturated heterocycles. The number of anilines is 2. The van der Waals surface area contributed by atoms with E-state index >= 15 is 0 Å². The fraction of sp³-hybridized carbons (Fsp3) is 0.333. The van der Waals surface area contributed by atoms with E-state index in [1.807, 2.05) is 6.07 Å². The molecule has 3 aromatic rings. The van der Waals surface area contributed by atoms with Crippen molar-refractivity contribution in [3.63, 3.8) is 0 Å². The largest absolute Gasteiger partial charge is 0.354 e. The molecule has 1 aliphatic rings. The zero-order valence-corrected chi connectivity index (χ0v) is 16.9. The van der Waals surface area contributed by atoms with Gasteiger partial charge in [-0.1, -0.05) is 54.6 Å². The molecule has 1 unspecified atom stereocenters. The normalized spacial score (nSPS) is 16.0. The van der Waals surface area contributed by atoms with Crippen LogP contribution in [0.4, 0.5) is 11.8 Å². The summed E-state index contributed by atoms with van der Waals surface area (Å²) in [4.78, 5) is 12.0. The van der Waals surface area contributed by atoms with Gasteiger partial charge in [-0.3, -0.25) is 0 Å². The molecule has 0 radical (unpaired) electrons. The molecule has 1 N–H and O–H groups in total. The van der Waals surface area contributed by atoms with Gasteiger partial charge in [-0.05, 0) is 50.3 Å². The Kier molecular flexibility index (Phi) is 5.29.